The Labute approximate surface area is 154 Å². The van der Waals surface area contributed by atoms with Crippen molar-refractivity contribution in [3.05, 3.63) is 32.8 Å². The van der Waals surface area contributed by atoms with E-state index in [1.807, 2.05) is 0 Å². The Morgan fingerprint density at radius 1 is 1.25 bits per heavy atom. The van der Waals surface area contributed by atoms with Crippen LogP contribution in [-0.2, 0) is 19.4 Å². The molecule has 2 rings (SSSR count). The van der Waals surface area contributed by atoms with Gasteiger partial charge in [-0.05, 0) is 18.6 Å². The highest BCUT2D eigenvalue weighted by atomic mass is 35.5. The zero-order valence-electron chi connectivity index (χ0n) is 12.6. The van der Waals surface area contributed by atoms with Gasteiger partial charge in [0.2, 0.25) is 0 Å². The van der Waals surface area contributed by atoms with Crippen molar-refractivity contribution < 1.29 is 22.7 Å². The molecule has 1 aliphatic heterocycles. The fourth-order valence-electron chi connectivity index (χ4n) is 2.30. The minimum Gasteiger partial charge on any atom is -0.452 e. The molecule has 0 aliphatic carbocycles. The molecule has 1 heterocycles. The maximum absolute atomic E-state index is 12.1. The van der Waals surface area contributed by atoms with Gasteiger partial charge in [-0.25, -0.2) is 13.2 Å². The SMILES string of the molecule is CN(C(=O)COC(=O)c1c(Cl)ccc(Cl)c1Cl)[C@@H]1CCS(=O)(=O)C1. The summed E-state index contributed by atoms with van der Waals surface area (Å²) in [6.07, 6.45) is 0.366. The van der Waals surface area contributed by atoms with Crippen LogP contribution >= 0.6 is 34.8 Å². The number of amides is 1. The molecule has 24 heavy (non-hydrogen) atoms. The number of hydrogen-bond donors (Lipinski definition) is 0. The zero-order valence-corrected chi connectivity index (χ0v) is 15.7. The van der Waals surface area contributed by atoms with Gasteiger partial charge in [-0.1, -0.05) is 34.8 Å². The van der Waals surface area contributed by atoms with E-state index in [2.05, 4.69) is 0 Å². The maximum atomic E-state index is 12.1. The first-order chi connectivity index (χ1) is 11.1. The van der Waals surface area contributed by atoms with Gasteiger partial charge in [-0.3, -0.25) is 4.79 Å². The highest BCUT2D eigenvalue weighted by Crippen LogP contribution is 2.31. The predicted molar refractivity (Wildman–Crippen MR) is 91.6 cm³/mol. The monoisotopic (exact) mass is 413 g/mol. The number of benzene rings is 1. The lowest BCUT2D eigenvalue weighted by Crippen LogP contribution is -2.40. The van der Waals surface area contributed by atoms with Gasteiger partial charge in [0.15, 0.2) is 16.4 Å². The second-order valence-electron chi connectivity index (χ2n) is 5.36. The normalized spacial score (nSPS) is 19.1. The van der Waals surface area contributed by atoms with Crippen LogP contribution in [0.2, 0.25) is 15.1 Å². The van der Waals surface area contributed by atoms with E-state index < -0.39 is 34.4 Å². The molecule has 1 aromatic rings. The van der Waals surface area contributed by atoms with Gasteiger partial charge in [-0.2, -0.15) is 0 Å². The van der Waals surface area contributed by atoms with Crippen LogP contribution in [0, 0.1) is 0 Å². The van der Waals surface area contributed by atoms with Gasteiger partial charge in [0.25, 0.3) is 5.91 Å². The highest BCUT2D eigenvalue weighted by molar-refractivity contribution is 7.91. The number of nitrogens with zero attached hydrogens (tertiary/aromatic N) is 1. The van der Waals surface area contributed by atoms with Crippen LogP contribution in [0.25, 0.3) is 0 Å². The van der Waals surface area contributed by atoms with E-state index in [-0.39, 0.29) is 32.1 Å². The number of sulfone groups is 1. The number of carbonyl (C=O) groups is 2. The van der Waals surface area contributed by atoms with Crippen LogP contribution in [0.3, 0.4) is 0 Å². The molecule has 0 spiro atoms. The summed E-state index contributed by atoms with van der Waals surface area (Å²) >= 11 is 17.7. The molecular weight excluding hydrogens is 401 g/mol. The lowest BCUT2D eigenvalue weighted by atomic mass is 10.2. The molecule has 0 radical (unpaired) electrons. The predicted octanol–water partition coefficient (Wildman–Crippen LogP) is 2.45. The Kier molecular flexibility index (Phi) is 6.01. The summed E-state index contributed by atoms with van der Waals surface area (Å²) in [5.74, 6) is -1.44. The van der Waals surface area contributed by atoms with Gasteiger partial charge in [0.05, 0.1) is 32.1 Å². The summed E-state index contributed by atoms with van der Waals surface area (Å²) in [4.78, 5) is 25.4. The van der Waals surface area contributed by atoms with Gasteiger partial charge >= 0.3 is 5.97 Å². The largest absolute Gasteiger partial charge is 0.452 e. The number of hydrogen-bond acceptors (Lipinski definition) is 5. The number of ether oxygens (including phenoxy) is 1. The van der Waals surface area contributed by atoms with Crippen molar-refractivity contribution in [3.8, 4) is 0 Å². The molecule has 0 bridgehead atoms. The number of rotatable bonds is 4. The average Bonchev–Trinajstić information content (AvgIpc) is 2.88. The molecule has 6 nitrogen and oxygen atoms in total. The van der Waals surface area contributed by atoms with Gasteiger partial charge in [0.1, 0.15) is 0 Å². The third-order valence-corrected chi connectivity index (χ3v) is 6.59. The summed E-state index contributed by atoms with van der Waals surface area (Å²) in [6.45, 7) is -0.551. The van der Waals surface area contributed by atoms with Crippen molar-refractivity contribution in [1.82, 2.24) is 4.90 Å². The molecule has 1 amide bonds. The summed E-state index contributed by atoms with van der Waals surface area (Å²) in [5, 5.41) is 0.126. The van der Waals surface area contributed by atoms with Crippen molar-refractivity contribution in [1.29, 1.82) is 0 Å². The quantitative estimate of drug-likeness (QED) is 0.558. The van der Waals surface area contributed by atoms with Crippen molar-refractivity contribution >= 4 is 56.5 Å². The Bertz CT molecular complexity index is 781. The molecule has 1 fully saturated rings. The van der Waals surface area contributed by atoms with Gasteiger partial charge in [0, 0.05) is 13.1 Å². The highest BCUT2D eigenvalue weighted by Gasteiger charge is 2.33. The smallest absolute Gasteiger partial charge is 0.341 e. The van der Waals surface area contributed by atoms with Crippen LogP contribution in [0.5, 0.6) is 0 Å². The topological polar surface area (TPSA) is 80.8 Å². The van der Waals surface area contributed by atoms with Gasteiger partial charge in [-0.15, -0.1) is 0 Å². The molecule has 0 aromatic heterocycles. The summed E-state index contributed by atoms with van der Waals surface area (Å²) in [7, 11) is -1.64. The maximum Gasteiger partial charge on any atom is 0.341 e. The molecule has 1 aromatic carbocycles. The number of carbonyl (C=O) groups excluding carboxylic acids is 2. The van der Waals surface area contributed by atoms with Crippen LogP contribution in [-0.4, -0.2) is 56.4 Å². The van der Waals surface area contributed by atoms with Crippen LogP contribution in [0.15, 0.2) is 12.1 Å². The van der Waals surface area contributed by atoms with Gasteiger partial charge < -0.3 is 9.64 Å². The number of likely N-dealkylation sites (N-methyl/N-ethyl adjacent to an activating group) is 1. The van der Waals surface area contributed by atoms with Crippen molar-refractivity contribution in [2.24, 2.45) is 0 Å². The minimum absolute atomic E-state index is 0.0444. The van der Waals surface area contributed by atoms with E-state index in [1.165, 1.54) is 24.1 Å². The minimum atomic E-state index is -3.12. The fourth-order valence-corrected chi connectivity index (χ4v) is 4.76. The summed E-state index contributed by atoms with van der Waals surface area (Å²) < 4.78 is 27.9. The molecule has 1 saturated heterocycles. The molecule has 1 aliphatic rings. The van der Waals surface area contributed by atoms with E-state index in [0.717, 1.165) is 0 Å². The Balaban J connectivity index is 1.99. The molecule has 0 N–H and O–H groups in total. The van der Waals surface area contributed by atoms with Crippen molar-refractivity contribution in [3.63, 3.8) is 0 Å². The van der Waals surface area contributed by atoms with E-state index in [1.54, 1.807) is 0 Å². The first-order valence-corrected chi connectivity index (χ1v) is 9.84. The lowest BCUT2D eigenvalue weighted by molar-refractivity contribution is -0.134. The van der Waals surface area contributed by atoms with Crippen LogP contribution < -0.4 is 0 Å². The summed E-state index contributed by atoms with van der Waals surface area (Å²) in [6, 6.07) is 2.41. The van der Waals surface area contributed by atoms with Crippen molar-refractivity contribution in [2.75, 3.05) is 25.2 Å². The van der Waals surface area contributed by atoms with Crippen LogP contribution in [0.1, 0.15) is 16.8 Å². The fraction of sp³-hybridized carbons (Fsp3) is 0.429. The molecule has 0 saturated carbocycles. The van der Waals surface area contributed by atoms with E-state index in [4.69, 9.17) is 39.5 Å². The van der Waals surface area contributed by atoms with E-state index in [9.17, 15) is 18.0 Å². The lowest BCUT2D eigenvalue weighted by Gasteiger charge is -2.23. The Hall–Kier alpha value is -1.02. The second kappa shape index (κ2) is 7.47. The molecular formula is C14H14Cl3NO5S. The Morgan fingerprint density at radius 2 is 1.88 bits per heavy atom. The summed E-state index contributed by atoms with van der Waals surface area (Å²) in [5.41, 5.74) is -0.121. The molecule has 0 unspecified atom stereocenters. The van der Waals surface area contributed by atoms with Crippen molar-refractivity contribution in [2.45, 2.75) is 12.5 Å². The number of halogens is 3. The zero-order chi connectivity index (χ0) is 18.1. The first-order valence-electron chi connectivity index (χ1n) is 6.89. The third-order valence-electron chi connectivity index (χ3n) is 3.72. The number of esters is 1. The third kappa shape index (κ3) is 4.33. The van der Waals surface area contributed by atoms with E-state index in [0.29, 0.717) is 6.42 Å². The first kappa shape index (κ1) is 19.3. The van der Waals surface area contributed by atoms with Crippen LogP contribution in [0.4, 0.5) is 0 Å². The average molecular weight is 415 g/mol. The molecule has 1 atom stereocenters. The van der Waals surface area contributed by atoms with E-state index >= 15 is 0 Å². The molecule has 132 valence electrons. The standard InChI is InChI=1S/C14H14Cl3NO5S/c1-18(8-4-5-24(21,22)7-8)11(19)6-23-14(20)12-9(15)2-3-10(16)13(12)17/h2-3,8H,4-7H2,1H3/t8-/m1/s1. The Morgan fingerprint density at radius 3 is 2.46 bits per heavy atom. The second-order valence-corrected chi connectivity index (χ2v) is 8.78. The molecule has 10 heteroatoms.